The lowest BCUT2D eigenvalue weighted by molar-refractivity contribution is 0.0753. The van der Waals surface area contributed by atoms with Gasteiger partial charge in [-0.1, -0.05) is 31.4 Å². The van der Waals surface area contributed by atoms with Crippen LogP contribution in [0.2, 0.25) is 5.02 Å². The summed E-state index contributed by atoms with van der Waals surface area (Å²) in [6, 6.07) is 3.61. The van der Waals surface area contributed by atoms with E-state index in [4.69, 9.17) is 11.6 Å². The fourth-order valence-electron chi connectivity index (χ4n) is 2.97. The lowest BCUT2D eigenvalue weighted by atomic mass is 10.2. The van der Waals surface area contributed by atoms with E-state index in [0.29, 0.717) is 10.7 Å². The van der Waals surface area contributed by atoms with E-state index < -0.39 is 0 Å². The van der Waals surface area contributed by atoms with Gasteiger partial charge in [-0.2, -0.15) is 0 Å². The van der Waals surface area contributed by atoms with Gasteiger partial charge in [-0.15, -0.1) is 0 Å². The van der Waals surface area contributed by atoms with Crippen molar-refractivity contribution in [3.05, 3.63) is 34.7 Å². The Labute approximate surface area is 129 Å². The highest BCUT2D eigenvalue weighted by Crippen LogP contribution is 2.20. The standard InChI is InChI=1S/C16H20ClN3O/c1-2-13-15(16(21)19-8-5-3-4-6-9-19)20-10-7-12(17)11-14(20)18-13/h7,10-11H,2-6,8-9H2,1H3. The molecule has 1 aliphatic rings. The number of nitrogens with zero attached hydrogens (tertiary/aromatic N) is 3. The van der Waals surface area contributed by atoms with E-state index >= 15 is 0 Å². The number of halogens is 1. The summed E-state index contributed by atoms with van der Waals surface area (Å²) >= 11 is 6.02. The number of aromatic nitrogens is 2. The summed E-state index contributed by atoms with van der Waals surface area (Å²) in [5.74, 6) is 0.101. The summed E-state index contributed by atoms with van der Waals surface area (Å²) in [6.07, 6.45) is 7.20. The molecule has 0 N–H and O–H groups in total. The van der Waals surface area contributed by atoms with Crippen molar-refractivity contribution in [2.24, 2.45) is 0 Å². The predicted octanol–water partition coefficient (Wildman–Crippen LogP) is 3.57. The summed E-state index contributed by atoms with van der Waals surface area (Å²) in [5.41, 5.74) is 2.30. The molecule has 0 radical (unpaired) electrons. The number of carbonyl (C=O) groups excluding carboxylic acids is 1. The molecule has 1 aliphatic heterocycles. The monoisotopic (exact) mass is 305 g/mol. The van der Waals surface area contributed by atoms with Crippen LogP contribution in [0.1, 0.15) is 48.8 Å². The lowest BCUT2D eigenvalue weighted by Gasteiger charge is -2.20. The molecule has 0 atom stereocenters. The molecule has 2 aromatic rings. The molecule has 21 heavy (non-hydrogen) atoms. The summed E-state index contributed by atoms with van der Waals surface area (Å²) in [5, 5.41) is 0.643. The molecule has 0 aliphatic carbocycles. The van der Waals surface area contributed by atoms with Crippen molar-refractivity contribution in [3.63, 3.8) is 0 Å². The lowest BCUT2D eigenvalue weighted by Crippen LogP contribution is -2.33. The van der Waals surface area contributed by atoms with E-state index in [2.05, 4.69) is 4.98 Å². The van der Waals surface area contributed by atoms with Gasteiger partial charge in [-0.05, 0) is 25.3 Å². The molecule has 0 unspecified atom stereocenters. The third kappa shape index (κ3) is 2.77. The minimum Gasteiger partial charge on any atom is -0.337 e. The molecule has 4 nitrogen and oxygen atoms in total. The SMILES string of the molecule is CCc1nc2cc(Cl)ccn2c1C(=O)N1CCCCCC1. The molecule has 0 saturated carbocycles. The first-order valence-corrected chi connectivity index (χ1v) is 8.04. The minimum atomic E-state index is 0.101. The third-order valence-electron chi connectivity index (χ3n) is 4.09. The highest BCUT2D eigenvalue weighted by molar-refractivity contribution is 6.30. The number of fused-ring (bicyclic) bond motifs is 1. The fraction of sp³-hybridized carbons (Fsp3) is 0.500. The van der Waals surface area contributed by atoms with Crippen molar-refractivity contribution in [2.75, 3.05) is 13.1 Å². The quantitative estimate of drug-likeness (QED) is 0.850. The van der Waals surface area contributed by atoms with Gasteiger partial charge < -0.3 is 4.90 Å². The maximum absolute atomic E-state index is 12.9. The highest BCUT2D eigenvalue weighted by Gasteiger charge is 2.24. The molecule has 2 aromatic heterocycles. The Kier molecular flexibility index (Phi) is 4.15. The van der Waals surface area contributed by atoms with Gasteiger partial charge in [0.2, 0.25) is 0 Å². The number of imidazole rings is 1. The summed E-state index contributed by atoms with van der Waals surface area (Å²) in [4.78, 5) is 19.5. The Morgan fingerprint density at radius 3 is 2.67 bits per heavy atom. The van der Waals surface area contributed by atoms with Gasteiger partial charge >= 0.3 is 0 Å². The number of hydrogen-bond acceptors (Lipinski definition) is 2. The van der Waals surface area contributed by atoms with Crippen LogP contribution in [0.15, 0.2) is 18.3 Å². The molecular formula is C16H20ClN3O. The molecule has 1 fully saturated rings. The molecule has 3 heterocycles. The second kappa shape index (κ2) is 6.06. The molecule has 0 bridgehead atoms. The van der Waals surface area contributed by atoms with Crippen LogP contribution >= 0.6 is 11.6 Å². The molecule has 0 spiro atoms. The van der Waals surface area contributed by atoms with Gasteiger partial charge in [0, 0.05) is 30.4 Å². The Hall–Kier alpha value is -1.55. The number of carbonyl (C=O) groups is 1. The van der Waals surface area contributed by atoms with Crippen LogP contribution in [-0.2, 0) is 6.42 Å². The van der Waals surface area contributed by atoms with Gasteiger partial charge in [0.1, 0.15) is 11.3 Å². The average Bonchev–Trinajstić information content (AvgIpc) is 2.66. The Morgan fingerprint density at radius 1 is 1.29 bits per heavy atom. The maximum atomic E-state index is 12.9. The Morgan fingerprint density at radius 2 is 2.00 bits per heavy atom. The first kappa shape index (κ1) is 14.4. The number of likely N-dealkylation sites (tertiary alicyclic amines) is 1. The number of rotatable bonds is 2. The topological polar surface area (TPSA) is 37.6 Å². The van der Waals surface area contributed by atoms with Crippen molar-refractivity contribution in [3.8, 4) is 0 Å². The largest absolute Gasteiger partial charge is 0.337 e. The zero-order valence-electron chi connectivity index (χ0n) is 12.3. The second-order valence-corrected chi connectivity index (χ2v) is 5.98. The van der Waals surface area contributed by atoms with Crippen molar-refractivity contribution in [1.82, 2.24) is 14.3 Å². The van der Waals surface area contributed by atoms with E-state index in [0.717, 1.165) is 43.7 Å². The zero-order valence-corrected chi connectivity index (χ0v) is 13.1. The average molecular weight is 306 g/mol. The first-order valence-electron chi connectivity index (χ1n) is 7.66. The summed E-state index contributed by atoms with van der Waals surface area (Å²) in [6.45, 7) is 3.73. The van der Waals surface area contributed by atoms with E-state index in [1.165, 1.54) is 12.8 Å². The van der Waals surface area contributed by atoms with Crippen molar-refractivity contribution in [1.29, 1.82) is 0 Å². The molecule has 3 rings (SSSR count). The van der Waals surface area contributed by atoms with Crippen LogP contribution in [0.5, 0.6) is 0 Å². The van der Waals surface area contributed by atoms with Crippen molar-refractivity contribution >= 4 is 23.2 Å². The minimum absolute atomic E-state index is 0.101. The predicted molar refractivity (Wildman–Crippen MR) is 84.0 cm³/mol. The number of hydrogen-bond donors (Lipinski definition) is 0. The number of pyridine rings is 1. The van der Waals surface area contributed by atoms with Crippen LogP contribution in [0.3, 0.4) is 0 Å². The van der Waals surface area contributed by atoms with Gasteiger partial charge in [0.05, 0.1) is 5.69 Å². The summed E-state index contributed by atoms with van der Waals surface area (Å²) in [7, 11) is 0. The van der Waals surface area contributed by atoms with Crippen molar-refractivity contribution < 1.29 is 4.79 Å². The van der Waals surface area contributed by atoms with Crippen molar-refractivity contribution in [2.45, 2.75) is 39.0 Å². The van der Waals surface area contributed by atoms with Crippen LogP contribution in [-0.4, -0.2) is 33.3 Å². The van der Waals surface area contributed by atoms with Gasteiger partial charge in [0.25, 0.3) is 5.91 Å². The molecule has 0 aromatic carbocycles. The molecular weight excluding hydrogens is 286 g/mol. The number of amides is 1. The molecule has 112 valence electrons. The maximum Gasteiger partial charge on any atom is 0.272 e. The van der Waals surface area contributed by atoms with Crippen LogP contribution in [0, 0.1) is 0 Å². The van der Waals surface area contributed by atoms with Gasteiger partial charge in [0.15, 0.2) is 0 Å². The van der Waals surface area contributed by atoms with Crippen LogP contribution < -0.4 is 0 Å². The highest BCUT2D eigenvalue weighted by atomic mass is 35.5. The normalized spacial score (nSPS) is 16.2. The van der Waals surface area contributed by atoms with Gasteiger partial charge in [-0.25, -0.2) is 4.98 Å². The van der Waals surface area contributed by atoms with E-state index in [1.54, 1.807) is 12.1 Å². The fourth-order valence-corrected chi connectivity index (χ4v) is 3.12. The Balaban J connectivity index is 2.03. The Bertz CT molecular complexity index is 657. The van der Waals surface area contributed by atoms with Crippen LogP contribution in [0.25, 0.3) is 5.65 Å². The van der Waals surface area contributed by atoms with E-state index in [9.17, 15) is 4.79 Å². The smallest absolute Gasteiger partial charge is 0.272 e. The molecule has 1 saturated heterocycles. The summed E-state index contributed by atoms with van der Waals surface area (Å²) < 4.78 is 1.87. The molecule has 5 heteroatoms. The number of aryl methyl sites for hydroxylation is 1. The molecule has 1 amide bonds. The first-order chi connectivity index (χ1) is 10.2. The van der Waals surface area contributed by atoms with E-state index in [1.807, 2.05) is 22.4 Å². The third-order valence-corrected chi connectivity index (χ3v) is 4.33. The van der Waals surface area contributed by atoms with Crippen LogP contribution in [0.4, 0.5) is 0 Å². The van der Waals surface area contributed by atoms with Gasteiger partial charge in [-0.3, -0.25) is 9.20 Å². The van der Waals surface area contributed by atoms with E-state index in [-0.39, 0.29) is 5.91 Å². The second-order valence-electron chi connectivity index (χ2n) is 5.54. The zero-order chi connectivity index (χ0) is 14.8.